The fourth-order valence-electron chi connectivity index (χ4n) is 4.47. The molecule has 1 unspecified atom stereocenters. The number of amides is 1. The first-order chi connectivity index (χ1) is 15.0. The van der Waals surface area contributed by atoms with Crippen LogP contribution in [0.2, 0.25) is 0 Å². The fraction of sp³-hybridized carbons (Fsp3) is 0.708. The number of fused-ring (bicyclic) bond motifs is 1. The average Bonchev–Trinajstić information content (AvgIpc) is 2.74. The molecule has 7 heteroatoms. The molecule has 31 heavy (non-hydrogen) atoms. The van der Waals surface area contributed by atoms with Crippen LogP contribution in [0.5, 0.6) is 0 Å². The molecule has 2 aliphatic rings. The van der Waals surface area contributed by atoms with Gasteiger partial charge in [0.2, 0.25) is 5.91 Å². The zero-order valence-corrected chi connectivity index (χ0v) is 18.9. The number of aliphatic carboxylic acids is 1. The summed E-state index contributed by atoms with van der Waals surface area (Å²) in [6, 6.07) is 3.48. The molecule has 1 fully saturated rings. The molecule has 1 aliphatic carbocycles. The van der Waals surface area contributed by atoms with Gasteiger partial charge in [0.1, 0.15) is 11.9 Å². The number of nitrogens with zero attached hydrogens (tertiary/aromatic N) is 1. The Kier molecular flexibility index (Phi) is 8.69. The number of carbonyl (C=O) groups excluding carboxylic acids is 1. The van der Waals surface area contributed by atoms with Crippen LogP contribution in [0.25, 0.3) is 0 Å². The molecule has 0 bridgehead atoms. The van der Waals surface area contributed by atoms with E-state index in [1.54, 1.807) is 0 Å². The number of aromatic nitrogens is 1. The van der Waals surface area contributed by atoms with Crippen molar-refractivity contribution in [1.82, 2.24) is 10.3 Å². The van der Waals surface area contributed by atoms with Gasteiger partial charge >= 0.3 is 5.97 Å². The van der Waals surface area contributed by atoms with Crippen molar-refractivity contribution in [2.75, 3.05) is 18.5 Å². The zero-order chi connectivity index (χ0) is 22.2. The highest BCUT2D eigenvalue weighted by Gasteiger charge is 2.30. The van der Waals surface area contributed by atoms with Crippen molar-refractivity contribution >= 4 is 17.7 Å². The standard InChI is InChI=1S/C24H37N3O4/c1-3-17(4-2)23(28)27-21(24(29)30)11-13-31-20-14-16(15-20)7-9-19-10-8-18-6-5-12-25-22(18)26-19/h8,10,16-17,20-21H,3-7,9,11-15H2,1-2H3,(H,25,26)(H,27,28)(H,29,30)/t16-,20-,21?. The first kappa shape index (κ1) is 23.5. The lowest BCUT2D eigenvalue weighted by Crippen LogP contribution is -2.44. The third-order valence-corrected chi connectivity index (χ3v) is 6.68. The van der Waals surface area contributed by atoms with E-state index in [-0.39, 0.29) is 17.9 Å². The maximum Gasteiger partial charge on any atom is 0.326 e. The van der Waals surface area contributed by atoms with E-state index in [4.69, 9.17) is 9.72 Å². The zero-order valence-electron chi connectivity index (χ0n) is 18.9. The third kappa shape index (κ3) is 6.66. The number of hydrogen-bond acceptors (Lipinski definition) is 5. The van der Waals surface area contributed by atoms with Gasteiger partial charge in [-0.05, 0) is 68.9 Å². The van der Waals surface area contributed by atoms with Gasteiger partial charge in [-0.1, -0.05) is 19.9 Å². The molecule has 1 amide bonds. The molecule has 3 rings (SSSR count). The quantitative estimate of drug-likeness (QED) is 0.468. The minimum Gasteiger partial charge on any atom is -0.480 e. The molecule has 2 heterocycles. The molecule has 1 saturated carbocycles. The van der Waals surface area contributed by atoms with Gasteiger partial charge in [-0.15, -0.1) is 0 Å². The maximum absolute atomic E-state index is 12.2. The Labute approximate surface area is 185 Å². The van der Waals surface area contributed by atoms with Gasteiger partial charge < -0.3 is 20.5 Å². The van der Waals surface area contributed by atoms with Crippen LogP contribution in [-0.4, -0.2) is 47.3 Å². The number of rotatable bonds is 12. The topological polar surface area (TPSA) is 101 Å². The molecule has 0 spiro atoms. The van der Waals surface area contributed by atoms with Crippen LogP contribution in [0.3, 0.4) is 0 Å². The van der Waals surface area contributed by atoms with Crippen LogP contribution in [0.15, 0.2) is 12.1 Å². The van der Waals surface area contributed by atoms with Crippen molar-refractivity contribution in [1.29, 1.82) is 0 Å². The molecular weight excluding hydrogens is 394 g/mol. The van der Waals surface area contributed by atoms with Crippen molar-refractivity contribution in [3.05, 3.63) is 23.4 Å². The van der Waals surface area contributed by atoms with E-state index in [2.05, 4.69) is 22.8 Å². The Morgan fingerprint density at radius 1 is 1.29 bits per heavy atom. The van der Waals surface area contributed by atoms with E-state index in [0.717, 1.165) is 50.2 Å². The third-order valence-electron chi connectivity index (χ3n) is 6.68. The molecule has 0 radical (unpaired) electrons. The van der Waals surface area contributed by atoms with Gasteiger partial charge in [0.05, 0.1) is 6.10 Å². The van der Waals surface area contributed by atoms with Crippen LogP contribution >= 0.6 is 0 Å². The van der Waals surface area contributed by atoms with Gasteiger partial charge in [-0.3, -0.25) is 4.79 Å². The molecule has 1 aromatic rings. The lowest BCUT2D eigenvalue weighted by atomic mass is 9.79. The van der Waals surface area contributed by atoms with E-state index in [0.29, 0.717) is 31.8 Å². The van der Waals surface area contributed by atoms with Crippen molar-refractivity contribution in [3.8, 4) is 0 Å². The minimum atomic E-state index is -0.999. The molecule has 7 nitrogen and oxygen atoms in total. The van der Waals surface area contributed by atoms with Crippen molar-refractivity contribution in [3.63, 3.8) is 0 Å². The van der Waals surface area contributed by atoms with E-state index in [9.17, 15) is 14.7 Å². The van der Waals surface area contributed by atoms with Crippen LogP contribution in [0.1, 0.15) is 70.1 Å². The SMILES string of the molecule is CCC(CC)C(=O)NC(CCO[C@H]1C[C@H](CCc2ccc3c(n2)NCCC3)C1)C(=O)O. The number of aryl methyl sites for hydroxylation is 2. The second kappa shape index (κ2) is 11.5. The number of carboxylic acid groups (broad SMARTS) is 1. The van der Waals surface area contributed by atoms with E-state index in [1.165, 1.54) is 12.0 Å². The molecule has 3 N–H and O–H groups in total. The normalized spacial score (nSPS) is 21.0. The van der Waals surface area contributed by atoms with Crippen molar-refractivity contribution in [2.24, 2.45) is 11.8 Å². The Balaban J connectivity index is 1.32. The highest BCUT2D eigenvalue weighted by atomic mass is 16.5. The predicted octanol–water partition coefficient (Wildman–Crippen LogP) is 3.56. The number of carbonyl (C=O) groups is 2. The number of hydrogen-bond donors (Lipinski definition) is 3. The number of carboxylic acids is 1. The van der Waals surface area contributed by atoms with Crippen LogP contribution in [0.4, 0.5) is 5.82 Å². The minimum absolute atomic E-state index is 0.129. The molecule has 172 valence electrons. The van der Waals surface area contributed by atoms with Crippen LogP contribution < -0.4 is 10.6 Å². The number of ether oxygens (including phenoxy) is 1. The van der Waals surface area contributed by atoms with E-state index < -0.39 is 12.0 Å². The van der Waals surface area contributed by atoms with Gasteiger partial charge in [0.25, 0.3) is 0 Å². The van der Waals surface area contributed by atoms with E-state index >= 15 is 0 Å². The molecule has 0 saturated heterocycles. The largest absolute Gasteiger partial charge is 0.480 e. The highest BCUT2D eigenvalue weighted by molar-refractivity contribution is 5.84. The smallest absolute Gasteiger partial charge is 0.326 e. The monoisotopic (exact) mass is 431 g/mol. The summed E-state index contributed by atoms with van der Waals surface area (Å²) in [5.41, 5.74) is 2.47. The molecular formula is C24H37N3O4. The Morgan fingerprint density at radius 2 is 2.06 bits per heavy atom. The second-order valence-electron chi connectivity index (χ2n) is 8.91. The molecule has 1 aliphatic heterocycles. The summed E-state index contributed by atoms with van der Waals surface area (Å²) in [6.07, 6.45) is 8.34. The second-order valence-corrected chi connectivity index (χ2v) is 8.91. The van der Waals surface area contributed by atoms with Crippen LogP contribution in [-0.2, 0) is 27.2 Å². The maximum atomic E-state index is 12.2. The number of pyridine rings is 1. The number of anilines is 1. The highest BCUT2D eigenvalue weighted by Crippen LogP contribution is 2.34. The predicted molar refractivity (Wildman–Crippen MR) is 120 cm³/mol. The molecule has 0 aromatic carbocycles. The Bertz CT molecular complexity index is 744. The van der Waals surface area contributed by atoms with Gasteiger partial charge in [-0.25, -0.2) is 9.78 Å². The first-order valence-corrected chi connectivity index (χ1v) is 11.9. The Morgan fingerprint density at radius 3 is 2.77 bits per heavy atom. The first-order valence-electron chi connectivity index (χ1n) is 11.9. The molecule has 1 atom stereocenters. The molecule has 1 aromatic heterocycles. The average molecular weight is 432 g/mol. The van der Waals surface area contributed by atoms with Crippen molar-refractivity contribution in [2.45, 2.75) is 83.8 Å². The van der Waals surface area contributed by atoms with Gasteiger partial charge in [0.15, 0.2) is 0 Å². The van der Waals surface area contributed by atoms with Gasteiger partial charge in [-0.2, -0.15) is 0 Å². The number of nitrogens with one attached hydrogen (secondary N) is 2. The summed E-state index contributed by atoms with van der Waals surface area (Å²) in [5, 5.41) is 15.5. The van der Waals surface area contributed by atoms with E-state index in [1.807, 2.05) is 13.8 Å². The van der Waals surface area contributed by atoms with Crippen molar-refractivity contribution < 1.29 is 19.4 Å². The lowest BCUT2D eigenvalue weighted by Gasteiger charge is -2.35. The summed E-state index contributed by atoms with van der Waals surface area (Å²) in [4.78, 5) is 28.4. The van der Waals surface area contributed by atoms with Gasteiger partial charge in [0, 0.05) is 31.2 Å². The summed E-state index contributed by atoms with van der Waals surface area (Å²) in [5.74, 6) is 0.396. The summed E-state index contributed by atoms with van der Waals surface area (Å²) in [6.45, 7) is 5.25. The summed E-state index contributed by atoms with van der Waals surface area (Å²) < 4.78 is 5.87. The van der Waals surface area contributed by atoms with Crippen LogP contribution in [0, 0.1) is 11.8 Å². The Hall–Kier alpha value is -2.15. The summed E-state index contributed by atoms with van der Waals surface area (Å²) >= 11 is 0. The fourth-order valence-corrected chi connectivity index (χ4v) is 4.47. The lowest BCUT2D eigenvalue weighted by molar-refractivity contribution is -0.143. The summed E-state index contributed by atoms with van der Waals surface area (Å²) in [7, 11) is 0.